The molecule has 0 radical (unpaired) electrons. The first-order chi connectivity index (χ1) is 14.4. The molecule has 1 unspecified atom stereocenters. The Bertz CT molecular complexity index is 916. The summed E-state index contributed by atoms with van der Waals surface area (Å²) in [6.07, 6.45) is 0. The van der Waals surface area contributed by atoms with Gasteiger partial charge in [-0.1, -0.05) is 17.7 Å². The molecule has 1 amide bonds. The van der Waals surface area contributed by atoms with Crippen molar-refractivity contribution in [3.05, 3.63) is 35.4 Å². The number of halogens is 1. The zero-order valence-electron chi connectivity index (χ0n) is 17.2. The predicted molar refractivity (Wildman–Crippen MR) is 112 cm³/mol. The molecule has 0 aliphatic carbocycles. The van der Waals surface area contributed by atoms with Crippen molar-refractivity contribution in [1.29, 1.82) is 0 Å². The van der Waals surface area contributed by atoms with Crippen LogP contribution in [-0.2, 0) is 9.59 Å². The number of hydrogen-bond donors (Lipinski definition) is 1. The molecule has 9 nitrogen and oxygen atoms in total. The molecule has 0 fully saturated rings. The van der Waals surface area contributed by atoms with Crippen LogP contribution < -0.4 is 24.3 Å². The van der Waals surface area contributed by atoms with Gasteiger partial charge in [0.15, 0.2) is 11.5 Å². The maximum atomic E-state index is 12.7. The first-order valence-electron chi connectivity index (χ1n) is 8.70. The lowest BCUT2D eigenvalue weighted by Crippen LogP contribution is -2.31. The van der Waals surface area contributed by atoms with Crippen molar-refractivity contribution in [2.45, 2.75) is 13.0 Å². The first kappa shape index (κ1) is 23.0. The summed E-state index contributed by atoms with van der Waals surface area (Å²) in [5.74, 6) is 0.169. The predicted octanol–water partition coefficient (Wildman–Crippen LogP) is 4.05. The average molecular weight is 436 g/mol. The van der Waals surface area contributed by atoms with Gasteiger partial charge in [0.1, 0.15) is 28.0 Å². The van der Waals surface area contributed by atoms with Crippen LogP contribution in [0.25, 0.3) is 0 Å². The summed E-state index contributed by atoms with van der Waals surface area (Å²) in [6.45, 7) is 1.24. The largest absolute Gasteiger partial charge is 0.495 e. The van der Waals surface area contributed by atoms with Gasteiger partial charge in [0.25, 0.3) is 5.91 Å². The number of benzene rings is 2. The van der Waals surface area contributed by atoms with Crippen molar-refractivity contribution in [2.75, 3.05) is 33.8 Å². The highest BCUT2D eigenvalue weighted by Crippen LogP contribution is 2.38. The van der Waals surface area contributed by atoms with E-state index in [2.05, 4.69) is 15.5 Å². The van der Waals surface area contributed by atoms with E-state index in [1.807, 2.05) is 0 Å². The summed E-state index contributed by atoms with van der Waals surface area (Å²) in [5, 5.41) is 10.8. The molecule has 1 N–H and O–H groups in total. The number of carbonyl (C=O) groups excluding carboxylic acids is 2. The van der Waals surface area contributed by atoms with Crippen LogP contribution in [-0.4, -0.2) is 46.2 Å². The molecule has 0 aliphatic heterocycles. The van der Waals surface area contributed by atoms with Gasteiger partial charge >= 0.3 is 0 Å². The highest BCUT2D eigenvalue weighted by molar-refractivity contribution is 6.33. The van der Waals surface area contributed by atoms with Crippen molar-refractivity contribution in [1.82, 2.24) is 0 Å². The van der Waals surface area contributed by atoms with Crippen LogP contribution in [0.3, 0.4) is 0 Å². The molecule has 0 saturated heterocycles. The fourth-order valence-corrected chi connectivity index (χ4v) is 2.78. The third-order valence-electron chi connectivity index (χ3n) is 4.02. The van der Waals surface area contributed by atoms with Gasteiger partial charge < -0.3 is 24.3 Å². The Morgan fingerprint density at radius 2 is 1.43 bits per heavy atom. The number of hydrogen-bond acceptors (Lipinski definition) is 8. The minimum atomic E-state index is -1.40. The molecule has 30 heavy (non-hydrogen) atoms. The fraction of sp³-hybridized carbons (Fsp3) is 0.300. The third kappa shape index (κ3) is 5.18. The van der Waals surface area contributed by atoms with Crippen LogP contribution in [0, 0.1) is 0 Å². The second-order valence-electron chi connectivity index (χ2n) is 5.92. The highest BCUT2D eigenvalue weighted by Gasteiger charge is 2.24. The molecule has 2 aromatic rings. The van der Waals surface area contributed by atoms with Crippen molar-refractivity contribution in [2.24, 2.45) is 10.2 Å². The van der Waals surface area contributed by atoms with Gasteiger partial charge in [0, 0.05) is 17.8 Å². The summed E-state index contributed by atoms with van der Waals surface area (Å²) < 4.78 is 20.8. The Balaban J connectivity index is 2.33. The Morgan fingerprint density at radius 3 is 1.87 bits per heavy atom. The molecule has 160 valence electrons. The smallest absolute Gasteiger partial charge is 0.258 e. The minimum Gasteiger partial charge on any atom is -0.495 e. The summed E-state index contributed by atoms with van der Waals surface area (Å²) in [6, 6.07) is 6.64. The molecule has 0 aromatic heterocycles. The first-order valence-corrected chi connectivity index (χ1v) is 9.08. The van der Waals surface area contributed by atoms with Crippen LogP contribution in [0.4, 0.5) is 11.4 Å². The number of carbonyl (C=O) groups is 2. The standard InChI is InChI=1S/C20H22ClN3O6/c1-11(25)18(23-24-19-13(27-2)7-6-8-14(19)28-3)20(26)22-12-9-15(29-4)17(21)16(10-12)30-5/h6-10,18H,1-5H3,(H,22,26). The van der Waals surface area contributed by atoms with E-state index in [-0.39, 0.29) is 10.7 Å². The van der Waals surface area contributed by atoms with Crippen molar-refractivity contribution < 1.29 is 28.5 Å². The minimum absolute atomic E-state index is 0.254. The van der Waals surface area contributed by atoms with Crippen LogP contribution in [0.15, 0.2) is 40.6 Å². The lowest BCUT2D eigenvalue weighted by molar-refractivity contribution is -0.126. The maximum absolute atomic E-state index is 12.7. The number of amides is 1. The van der Waals surface area contributed by atoms with Crippen molar-refractivity contribution in [3.63, 3.8) is 0 Å². The fourth-order valence-electron chi connectivity index (χ4n) is 2.52. The Morgan fingerprint density at radius 1 is 0.933 bits per heavy atom. The lowest BCUT2D eigenvalue weighted by atomic mass is 10.2. The number of ether oxygens (including phenoxy) is 4. The Labute approximate surface area is 178 Å². The van der Waals surface area contributed by atoms with Gasteiger partial charge in [-0.3, -0.25) is 9.59 Å². The summed E-state index contributed by atoms with van der Waals surface area (Å²) in [7, 11) is 5.79. The third-order valence-corrected chi connectivity index (χ3v) is 4.39. The van der Waals surface area contributed by atoms with Gasteiger partial charge in [-0.25, -0.2) is 0 Å². The second kappa shape index (κ2) is 10.4. The van der Waals surface area contributed by atoms with E-state index in [4.69, 9.17) is 30.5 Å². The molecule has 0 bridgehead atoms. The van der Waals surface area contributed by atoms with Gasteiger partial charge in [-0.05, 0) is 19.1 Å². The quantitative estimate of drug-likeness (QED) is 0.470. The van der Waals surface area contributed by atoms with E-state index in [1.54, 1.807) is 18.2 Å². The molecule has 0 spiro atoms. The molecule has 2 rings (SSSR count). The van der Waals surface area contributed by atoms with E-state index in [0.29, 0.717) is 28.7 Å². The van der Waals surface area contributed by atoms with E-state index in [9.17, 15) is 9.59 Å². The van der Waals surface area contributed by atoms with E-state index in [1.165, 1.54) is 47.5 Å². The topological polar surface area (TPSA) is 108 Å². The Hall–Kier alpha value is -3.33. The number of Topliss-reactive ketones (excluding diaryl/α,β-unsaturated/α-hetero) is 1. The SMILES string of the molecule is COc1cc(NC(=O)C(N=Nc2c(OC)cccc2OC)C(C)=O)cc(OC)c1Cl. The molecular weight excluding hydrogens is 414 g/mol. The van der Waals surface area contributed by atoms with Gasteiger partial charge in [-0.2, -0.15) is 5.11 Å². The van der Waals surface area contributed by atoms with Gasteiger partial charge in [0.2, 0.25) is 6.04 Å². The number of nitrogens with one attached hydrogen (secondary N) is 1. The molecule has 0 aliphatic rings. The summed E-state index contributed by atoms with van der Waals surface area (Å²) in [5.41, 5.74) is 0.575. The number of azo groups is 1. The monoisotopic (exact) mass is 435 g/mol. The van der Waals surface area contributed by atoms with E-state index in [0.717, 1.165) is 0 Å². The van der Waals surface area contributed by atoms with E-state index < -0.39 is 17.7 Å². The number of anilines is 1. The number of nitrogens with zero attached hydrogens (tertiary/aromatic N) is 2. The van der Waals surface area contributed by atoms with Crippen LogP contribution in [0.5, 0.6) is 23.0 Å². The highest BCUT2D eigenvalue weighted by atomic mass is 35.5. The number of rotatable bonds is 9. The van der Waals surface area contributed by atoms with Crippen LogP contribution in [0.2, 0.25) is 5.02 Å². The summed E-state index contributed by atoms with van der Waals surface area (Å²) in [4.78, 5) is 24.8. The molecular formula is C20H22ClN3O6. The van der Waals surface area contributed by atoms with E-state index >= 15 is 0 Å². The molecule has 1 atom stereocenters. The normalized spacial score (nSPS) is 11.7. The van der Waals surface area contributed by atoms with Gasteiger partial charge in [-0.15, -0.1) is 5.11 Å². The molecule has 0 saturated carbocycles. The van der Waals surface area contributed by atoms with Crippen molar-refractivity contribution in [3.8, 4) is 23.0 Å². The number of methoxy groups -OCH3 is 4. The molecule has 10 heteroatoms. The maximum Gasteiger partial charge on any atom is 0.258 e. The second-order valence-corrected chi connectivity index (χ2v) is 6.30. The van der Waals surface area contributed by atoms with Crippen LogP contribution >= 0.6 is 11.6 Å². The zero-order valence-corrected chi connectivity index (χ0v) is 17.9. The van der Waals surface area contributed by atoms with Crippen molar-refractivity contribution >= 4 is 34.7 Å². The van der Waals surface area contributed by atoms with Crippen LogP contribution in [0.1, 0.15) is 6.92 Å². The number of ketones is 1. The lowest BCUT2D eigenvalue weighted by Gasteiger charge is -2.14. The Kier molecular flexibility index (Phi) is 7.99. The average Bonchev–Trinajstić information content (AvgIpc) is 2.74. The molecule has 2 aromatic carbocycles. The summed E-state index contributed by atoms with van der Waals surface area (Å²) >= 11 is 6.13. The molecule has 0 heterocycles. The zero-order chi connectivity index (χ0) is 22.3. The van der Waals surface area contributed by atoms with Gasteiger partial charge in [0.05, 0.1) is 28.4 Å².